The van der Waals surface area contributed by atoms with Crippen LogP contribution in [0.15, 0.2) is 152 Å². The van der Waals surface area contributed by atoms with Gasteiger partial charge in [-0.05, 0) is 80.6 Å². The van der Waals surface area contributed by atoms with E-state index in [1.807, 2.05) is 0 Å². The van der Waals surface area contributed by atoms with Crippen LogP contribution in [0.25, 0.3) is 44.2 Å². The quantitative estimate of drug-likeness (QED) is 0.207. The molecule has 0 N–H and O–H groups in total. The molecule has 45 heavy (non-hydrogen) atoms. The summed E-state index contributed by atoms with van der Waals surface area (Å²) in [5.41, 5.74) is 13.0. The van der Waals surface area contributed by atoms with Crippen molar-refractivity contribution in [3.05, 3.63) is 163 Å². The molecular formula is C43H31NO. The normalized spacial score (nSPS) is 13.5. The van der Waals surface area contributed by atoms with E-state index in [4.69, 9.17) is 4.74 Å². The Bertz CT molecular complexity index is 2280. The van der Waals surface area contributed by atoms with Crippen molar-refractivity contribution in [2.45, 2.75) is 19.3 Å². The average molecular weight is 578 g/mol. The zero-order chi connectivity index (χ0) is 30.1. The molecule has 0 radical (unpaired) electrons. The summed E-state index contributed by atoms with van der Waals surface area (Å²) >= 11 is 0. The zero-order valence-corrected chi connectivity index (χ0v) is 25.3. The van der Waals surface area contributed by atoms with Crippen molar-refractivity contribution in [3.8, 4) is 44.9 Å². The first kappa shape index (κ1) is 25.9. The fraction of sp³-hybridized carbons (Fsp3) is 0.0698. The summed E-state index contributed by atoms with van der Waals surface area (Å²) in [4.78, 5) is 2.35. The fourth-order valence-corrected chi connectivity index (χ4v) is 7.52. The van der Waals surface area contributed by atoms with E-state index in [0.717, 1.165) is 39.7 Å². The molecule has 0 bridgehead atoms. The molecule has 1 aliphatic heterocycles. The third kappa shape index (κ3) is 3.82. The summed E-state index contributed by atoms with van der Waals surface area (Å²) in [7, 11) is 0. The second kappa shape index (κ2) is 9.70. The maximum absolute atomic E-state index is 7.09. The van der Waals surface area contributed by atoms with Crippen LogP contribution in [0.1, 0.15) is 25.0 Å². The Morgan fingerprint density at radius 3 is 2.04 bits per heavy atom. The van der Waals surface area contributed by atoms with Crippen LogP contribution in [0.2, 0.25) is 0 Å². The van der Waals surface area contributed by atoms with Crippen LogP contribution >= 0.6 is 0 Å². The van der Waals surface area contributed by atoms with Gasteiger partial charge in [0.2, 0.25) is 0 Å². The van der Waals surface area contributed by atoms with Crippen molar-refractivity contribution in [1.29, 1.82) is 0 Å². The van der Waals surface area contributed by atoms with Crippen LogP contribution in [0.4, 0.5) is 17.1 Å². The second-order valence-corrected chi connectivity index (χ2v) is 12.5. The van der Waals surface area contributed by atoms with Crippen molar-refractivity contribution >= 4 is 27.8 Å². The first-order valence-electron chi connectivity index (χ1n) is 15.6. The highest BCUT2D eigenvalue weighted by Crippen LogP contribution is 2.55. The summed E-state index contributed by atoms with van der Waals surface area (Å²) in [6.45, 7) is 4.67. The summed E-state index contributed by atoms with van der Waals surface area (Å²) < 4.78 is 7.09. The maximum atomic E-state index is 7.09. The maximum Gasteiger partial charge on any atom is 0.159 e. The molecule has 214 valence electrons. The Labute approximate surface area is 263 Å². The van der Waals surface area contributed by atoms with E-state index < -0.39 is 0 Å². The molecule has 0 unspecified atom stereocenters. The van der Waals surface area contributed by atoms with Crippen LogP contribution < -0.4 is 9.64 Å². The number of hydrogen-bond acceptors (Lipinski definition) is 2. The van der Waals surface area contributed by atoms with E-state index in [1.165, 1.54) is 44.2 Å². The van der Waals surface area contributed by atoms with Gasteiger partial charge in [0.05, 0.1) is 5.69 Å². The molecule has 2 heteroatoms. The topological polar surface area (TPSA) is 12.5 Å². The number of rotatable bonds is 3. The Hall–Kier alpha value is -5.60. The molecule has 0 spiro atoms. The zero-order valence-electron chi connectivity index (χ0n) is 25.3. The minimum atomic E-state index is -0.104. The molecule has 0 amide bonds. The Morgan fingerprint density at radius 2 is 1.18 bits per heavy atom. The predicted molar refractivity (Wildman–Crippen MR) is 187 cm³/mol. The lowest BCUT2D eigenvalue weighted by molar-refractivity contribution is 0.489. The number of para-hydroxylation sites is 2. The highest BCUT2D eigenvalue weighted by molar-refractivity contribution is 6.06. The number of hydrogen-bond donors (Lipinski definition) is 0. The van der Waals surface area contributed by atoms with Crippen LogP contribution in [0, 0.1) is 0 Å². The van der Waals surface area contributed by atoms with Gasteiger partial charge in [-0.2, -0.15) is 0 Å². The Morgan fingerprint density at radius 1 is 0.489 bits per heavy atom. The molecule has 7 aromatic rings. The van der Waals surface area contributed by atoms with Gasteiger partial charge < -0.3 is 9.64 Å². The highest BCUT2D eigenvalue weighted by atomic mass is 16.5. The fourth-order valence-electron chi connectivity index (χ4n) is 7.52. The van der Waals surface area contributed by atoms with Crippen molar-refractivity contribution in [2.24, 2.45) is 0 Å². The van der Waals surface area contributed by atoms with E-state index in [-0.39, 0.29) is 5.41 Å². The van der Waals surface area contributed by atoms with Gasteiger partial charge in [0.15, 0.2) is 5.75 Å². The van der Waals surface area contributed by atoms with Gasteiger partial charge in [0.1, 0.15) is 5.75 Å². The van der Waals surface area contributed by atoms with Crippen LogP contribution in [-0.2, 0) is 5.41 Å². The molecule has 0 aromatic heterocycles. The van der Waals surface area contributed by atoms with Crippen molar-refractivity contribution < 1.29 is 4.74 Å². The van der Waals surface area contributed by atoms with E-state index in [1.54, 1.807) is 0 Å². The molecule has 0 atom stereocenters. The standard InChI is InChI=1S/C43H31NO/c1-43(2)37-21-11-10-18-33(37)34-25-24-30(27-38(34)43)44(29-14-4-3-5-15-29)39-22-12-20-36-32-17-8-9-19-35(32)41-31-16-7-6-13-28(31)23-26-40(41)45-42(36)39/h3-27H,1-2H3. The summed E-state index contributed by atoms with van der Waals surface area (Å²) in [5.74, 6) is 1.72. The van der Waals surface area contributed by atoms with Gasteiger partial charge in [0, 0.05) is 27.9 Å². The molecule has 2 aliphatic rings. The number of benzene rings is 7. The molecule has 0 saturated heterocycles. The van der Waals surface area contributed by atoms with E-state index >= 15 is 0 Å². The highest BCUT2D eigenvalue weighted by Gasteiger charge is 2.36. The van der Waals surface area contributed by atoms with Gasteiger partial charge in [-0.15, -0.1) is 0 Å². The molecule has 1 heterocycles. The second-order valence-electron chi connectivity index (χ2n) is 12.5. The Kier molecular flexibility index (Phi) is 5.58. The van der Waals surface area contributed by atoms with Crippen LogP contribution in [0.5, 0.6) is 11.5 Å². The predicted octanol–water partition coefficient (Wildman–Crippen LogP) is 12.1. The molecule has 2 nitrogen and oxygen atoms in total. The van der Waals surface area contributed by atoms with E-state index in [2.05, 4.69) is 170 Å². The lowest BCUT2D eigenvalue weighted by Crippen LogP contribution is -2.16. The van der Waals surface area contributed by atoms with Crippen molar-refractivity contribution in [3.63, 3.8) is 0 Å². The van der Waals surface area contributed by atoms with Crippen molar-refractivity contribution in [1.82, 2.24) is 0 Å². The van der Waals surface area contributed by atoms with E-state index in [0.29, 0.717) is 0 Å². The van der Waals surface area contributed by atoms with Gasteiger partial charge in [-0.1, -0.05) is 129 Å². The van der Waals surface area contributed by atoms with Crippen LogP contribution in [0.3, 0.4) is 0 Å². The number of anilines is 3. The Balaban J connectivity index is 1.30. The number of fused-ring (bicyclic) bond motifs is 10. The monoisotopic (exact) mass is 577 g/mol. The summed E-state index contributed by atoms with van der Waals surface area (Å²) in [5, 5.41) is 2.39. The largest absolute Gasteiger partial charge is 0.454 e. The lowest BCUT2D eigenvalue weighted by Gasteiger charge is -2.30. The van der Waals surface area contributed by atoms with Crippen LogP contribution in [-0.4, -0.2) is 0 Å². The first-order valence-corrected chi connectivity index (χ1v) is 15.6. The minimum absolute atomic E-state index is 0.104. The number of nitrogens with zero attached hydrogens (tertiary/aromatic N) is 1. The molecule has 0 fully saturated rings. The third-order valence-electron chi connectivity index (χ3n) is 9.66. The van der Waals surface area contributed by atoms with Gasteiger partial charge in [-0.25, -0.2) is 0 Å². The van der Waals surface area contributed by atoms with Gasteiger partial charge >= 0.3 is 0 Å². The van der Waals surface area contributed by atoms with Gasteiger partial charge in [0.25, 0.3) is 0 Å². The molecule has 0 saturated carbocycles. The average Bonchev–Trinajstić information content (AvgIpc) is 3.21. The molecular weight excluding hydrogens is 546 g/mol. The van der Waals surface area contributed by atoms with E-state index in [9.17, 15) is 0 Å². The molecule has 9 rings (SSSR count). The molecule has 7 aromatic carbocycles. The summed E-state index contributed by atoms with van der Waals surface area (Å²) in [6.07, 6.45) is 0. The SMILES string of the molecule is CC1(C)c2ccccc2-c2ccc(N(c3ccccc3)c3cccc4c3Oc3ccc5ccccc5c3-c3ccccc3-4)cc21. The smallest absolute Gasteiger partial charge is 0.159 e. The first-order chi connectivity index (χ1) is 22.1. The third-order valence-corrected chi connectivity index (χ3v) is 9.66. The summed E-state index contributed by atoms with van der Waals surface area (Å²) in [6, 6.07) is 54.5. The van der Waals surface area contributed by atoms with Gasteiger partial charge in [-0.3, -0.25) is 0 Å². The van der Waals surface area contributed by atoms with Crippen molar-refractivity contribution in [2.75, 3.05) is 4.90 Å². The lowest BCUT2D eigenvalue weighted by atomic mass is 9.82. The number of ether oxygens (including phenoxy) is 1. The minimum Gasteiger partial charge on any atom is -0.454 e. The molecule has 1 aliphatic carbocycles.